The number of carbonyl (C=O) groups is 1. The third-order valence-electron chi connectivity index (χ3n) is 7.23. The summed E-state index contributed by atoms with van der Waals surface area (Å²) in [6, 6.07) is 26.6. The van der Waals surface area contributed by atoms with E-state index in [1.165, 1.54) is 31.0 Å². The number of aromatic nitrogens is 3. The molecule has 1 aliphatic rings. The number of carbonyl (C=O) groups excluding carboxylic acids is 1. The molecule has 8 heteroatoms. The lowest BCUT2D eigenvalue weighted by molar-refractivity contribution is -0.118. The van der Waals surface area contributed by atoms with E-state index in [9.17, 15) is 4.79 Å². The molecule has 1 aromatic heterocycles. The summed E-state index contributed by atoms with van der Waals surface area (Å²) >= 11 is 7.51. The maximum Gasteiger partial charge on any atom is 0.250 e. The highest BCUT2D eigenvalue weighted by Crippen LogP contribution is 2.36. The number of hydrogen-bond acceptors (Lipinski definition) is 5. The first kappa shape index (κ1) is 25.6. The predicted molar refractivity (Wildman–Crippen MR) is 161 cm³/mol. The van der Waals surface area contributed by atoms with E-state index >= 15 is 0 Å². The van der Waals surface area contributed by atoms with Gasteiger partial charge in [0, 0.05) is 22.2 Å². The molecule has 0 saturated heterocycles. The maximum absolute atomic E-state index is 12.8. The summed E-state index contributed by atoms with van der Waals surface area (Å²) in [5, 5.41) is 19.2. The van der Waals surface area contributed by atoms with Crippen LogP contribution < -0.4 is 5.43 Å². The molecule has 6 nitrogen and oxygen atoms in total. The van der Waals surface area contributed by atoms with Gasteiger partial charge in [-0.05, 0) is 64.7 Å². The summed E-state index contributed by atoms with van der Waals surface area (Å²) in [5.74, 6) is 0.827. The molecule has 0 radical (unpaired) electrons. The summed E-state index contributed by atoms with van der Waals surface area (Å²) < 4.78 is 2.21. The second-order valence-electron chi connectivity index (χ2n) is 9.79. The van der Waals surface area contributed by atoms with E-state index < -0.39 is 0 Å². The van der Waals surface area contributed by atoms with Crippen LogP contribution in [0, 0.1) is 0 Å². The van der Waals surface area contributed by atoms with Crippen LogP contribution in [0.3, 0.4) is 0 Å². The standard InChI is InChI=1S/C31H28ClN5OS/c32-24-16-14-21(15-17-24)30-35-36-31(37(30)25-10-2-1-3-11-25)39-20-29(38)34-33-19-28-26-12-6-4-8-22(26)18-23-9-5-7-13-27(23)28/h4-9,12-19,25H,1-3,10-11,20H2,(H,34,38)/b33-19-. The third-order valence-corrected chi connectivity index (χ3v) is 8.43. The molecule has 39 heavy (non-hydrogen) atoms. The Morgan fingerprint density at radius 2 is 1.62 bits per heavy atom. The van der Waals surface area contributed by atoms with E-state index in [0.717, 1.165) is 56.5 Å². The van der Waals surface area contributed by atoms with Gasteiger partial charge >= 0.3 is 0 Å². The minimum Gasteiger partial charge on any atom is -0.299 e. The van der Waals surface area contributed by atoms with Crippen LogP contribution in [0.25, 0.3) is 32.9 Å². The minimum atomic E-state index is -0.188. The zero-order chi connectivity index (χ0) is 26.6. The minimum absolute atomic E-state index is 0.188. The highest BCUT2D eigenvalue weighted by molar-refractivity contribution is 7.99. The Bertz CT molecular complexity index is 1600. The lowest BCUT2D eigenvalue weighted by atomic mass is 9.95. The molecular weight excluding hydrogens is 526 g/mol. The van der Waals surface area contributed by atoms with Crippen LogP contribution in [0.15, 0.2) is 89.1 Å². The van der Waals surface area contributed by atoms with Gasteiger partial charge in [0.1, 0.15) is 0 Å². The molecule has 0 atom stereocenters. The smallest absolute Gasteiger partial charge is 0.250 e. The first-order valence-electron chi connectivity index (χ1n) is 13.2. The van der Waals surface area contributed by atoms with Gasteiger partial charge in [0.05, 0.1) is 12.0 Å². The predicted octanol–water partition coefficient (Wildman–Crippen LogP) is 7.65. The third kappa shape index (κ3) is 5.56. The number of rotatable bonds is 7. The Kier molecular flexibility index (Phi) is 7.61. The number of fused-ring (bicyclic) bond motifs is 2. The highest BCUT2D eigenvalue weighted by atomic mass is 35.5. The summed E-state index contributed by atoms with van der Waals surface area (Å²) in [5.41, 5.74) is 4.67. The van der Waals surface area contributed by atoms with Crippen molar-refractivity contribution in [3.63, 3.8) is 0 Å². The number of benzene rings is 4. The van der Waals surface area contributed by atoms with Crippen LogP contribution in [-0.4, -0.2) is 32.6 Å². The Morgan fingerprint density at radius 3 is 2.31 bits per heavy atom. The molecule has 4 aromatic carbocycles. The molecule has 1 fully saturated rings. The number of hydrazone groups is 1. The molecule has 6 rings (SSSR count). The second-order valence-corrected chi connectivity index (χ2v) is 11.2. The molecule has 0 bridgehead atoms. The summed E-state index contributed by atoms with van der Waals surface area (Å²) in [7, 11) is 0. The van der Waals surface area contributed by atoms with E-state index in [4.69, 9.17) is 11.6 Å². The fourth-order valence-corrected chi connectivity index (χ4v) is 6.28. The van der Waals surface area contributed by atoms with Gasteiger partial charge in [0.2, 0.25) is 0 Å². The zero-order valence-corrected chi connectivity index (χ0v) is 23.0. The van der Waals surface area contributed by atoms with Crippen molar-refractivity contribution in [1.82, 2.24) is 20.2 Å². The average Bonchev–Trinajstić information content (AvgIpc) is 3.40. The number of hydrogen-bond donors (Lipinski definition) is 1. The van der Waals surface area contributed by atoms with Gasteiger partial charge in [0.25, 0.3) is 5.91 Å². The van der Waals surface area contributed by atoms with Crippen molar-refractivity contribution in [2.45, 2.75) is 43.3 Å². The lowest BCUT2D eigenvalue weighted by Crippen LogP contribution is -2.20. The van der Waals surface area contributed by atoms with Gasteiger partial charge in [-0.2, -0.15) is 5.10 Å². The fraction of sp³-hybridized carbons (Fsp3) is 0.226. The van der Waals surface area contributed by atoms with Crippen LogP contribution in [0.2, 0.25) is 5.02 Å². The maximum atomic E-state index is 12.8. The molecule has 1 heterocycles. The van der Waals surface area contributed by atoms with Crippen molar-refractivity contribution >= 4 is 57.0 Å². The fourth-order valence-electron chi connectivity index (χ4n) is 5.36. The van der Waals surface area contributed by atoms with Gasteiger partial charge in [-0.1, -0.05) is 91.2 Å². The molecule has 1 aliphatic carbocycles. The quantitative estimate of drug-likeness (QED) is 0.0972. The monoisotopic (exact) mass is 553 g/mol. The molecule has 0 unspecified atom stereocenters. The van der Waals surface area contributed by atoms with Gasteiger partial charge in [-0.25, -0.2) is 5.43 Å². The van der Waals surface area contributed by atoms with Crippen molar-refractivity contribution in [3.8, 4) is 11.4 Å². The average molecular weight is 554 g/mol. The molecule has 0 spiro atoms. The first-order valence-corrected chi connectivity index (χ1v) is 14.6. The van der Waals surface area contributed by atoms with Crippen LogP contribution in [0.4, 0.5) is 0 Å². The number of thioether (sulfide) groups is 1. The molecule has 1 saturated carbocycles. The number of halogens is 1. The molecule has 1 N–H and O–H groups in total. The molecule has 196 valence electrons. The van der Waals surface area contributed by atoms with Crippen molar-refractivity contribution < 1.29 is 4.79 Å². The second kappa shape index (κ2) is 11.6. The Morgan fingerprint density at radius 1 is 0.949 bits per heavy atom. The topological polar surface area (TPSA) is 72.2 Å². The number of nitrogens with zero attached hydrogens (tertiary/aromatic N) is 4. The zero-order valence-electron chi connectivity index (χ0n) is 21.4. The van der Waals surface area contributed by atoms with Crippen molar-refractivity contribution in [2.24, 2.45) is 5.10 Å². The highest BCUT2D eigenvalue weighted by Gasteiger charge is 2.24. The summed E-state index contributed by atoms with van der Waals surface area (Å²) in [4.78, 5) is 12.8. The Balaban J connectivity index is 1.20. The van der Waals surface area contributed by atoms with Crippen LogP contribution in [0.5, 0.6) is 0 Å². The van der Waals surface area contributed by atoms with Gasteiger partial charge < -0.3 is 0 Å². The van der Waals surface area contributed by atoms with Crippen LogP contribution >= 0.6 is 23.4 Å². The van der Waals surface area contributed by atoms with Crippen LogP contribution in [-0.2, 0) is 4.79 Å². The van der Waals surface area contributed by atoms with Crippen molar-refractivity contribution in [1.29, 1.82) is 0 Å². The summed E-state index contributed by atoms with van der Waals surface area (Å²) in [6.45, 7) is 0. The van der Waals surface area contributed by atoms with Crippen molar-refractivity contribution in [2.75, 3.05) is 5.75 Å². The SMILES string of the molecule is O=C(CSc1nnc(-c2ccc(Cl)cc2)n1C1CCCCC1)N/N=C\c1c2ccccc2cc2ccccc12. The van der Waals surface area contributed by atoms with Crippen LogP contribution in [0.1, 0.15) is 43.7 Å². The number of nitrogens with one attached hydrogen (secondary N) is 1. The van der Waals surface area contributed by atoms with Gasteiger partial charge in [-0.3, -0.25) is 9.36 Å². The normalized spacial score (nSPS) is 14.4. The number of amides is 1. The lowest BCUT2D eigenvalue weighted by Gasteiger charge is -2.25. The molecule has 1 amide bonds. The van der Waals surface area contributed by atoms with E-state index in [2.05, 4.69) is 55.6 Å². The van der Waals surface area contributed by atoms with E-state index in [0.29, 0.717) is 11.1 Å². The van der Waals surface area contributed by atoms with E-state index in [1.807, 2.05) is 48.5 Å². The molecule has 5 aromatic rings. The molecule has 0 aliphatic heterocycles. The summed E-state index contributed by atoms with van der Waals surface area (Å²) in [6.07, 6.45) is 7.54. The largest absolute Gasteiger partial charge is 0.299 e. The Labute approximate surface area is 236 Å². The van der Waals surface area contributed by atoms with Gasteiger partial charge in [-0.15, -0.1) is 10.2 Å². The van der Waals surface area contributed by atoms with E-state index in [1.54, 1.807) is 6.21 Å². The van der Waals surface area contributed by atoms with Gasteiger partial charge in [0.15, 0.2) is 11.0 Å². The Hall–Kier alpha value is -3.68. The molecular formula is C31H28ClN5OS. The van der Waals surface area contributed by atoms with Crippen molar-refractivity contribution in [3.05, 3.63) is 89.4 Å². The first-order chi connectivity index (χ1) is 19.2. The van der Waals surface area contributed by atoms with E-state index in [-0.39, 0.29) is 11.7 Å².